The van der Waals surface area contributed by atoms with E-state index in [-0.39, 0.29) is 17.4 Å². The molecule has 18 heavy (non-hydrogen) atoms. The molecule has 0 aromatic heterocycles. The lowest BCUT2D eigenvalue weighted by atomic mass is 9.91. The molecule has 0 saturated heterocycles. The third kappa shape index (κ3) is 2.52. The number of carboxylic acid groups (broad SMARTS) is 1. The molecule has 2 rings (SSSR count). The number of aromatic hydroxyl groups is 1. The summed E-state index contributed by atoms with van der Waals surface area (Å²) in [5.74, 6) is -1.02. The second kappa shape index (κ2) is 5.28. The Hall–Kier alpha value is -1.07. The molecule has 1 aliphatic carbocycles. The van der Waals surface area contributed by atoms with Gasteiger partial charge in [-0.3, -0.25) is 0 Å². The molecule has 0 unspecified atom stereocenters. The van der Waals surface area contributed by atoms with Crippen molar-refractivity contribution in [1.29, 1.82) is 0 Å². The average molecular weight is 314 g/mol. The Morgan fingerprint density at radius 3 is 2.56 bits per heavy atom. The number of rotatable bonds is 3. The van der Waals surface area contributed by atoms with Crippen LogP contribution in [0.5, 0.6) is 5.75 Å². The van der Waals surface area contributed by atoms with Gasteiger partial charge in [-0.15, -0.1) is 0 Å². The van der Waals surface area contributed by atoms with Crippen molar-refractivity contribution >= 4 is 21.9 Å². The van der Waals surface area contributed by atoms with Gasteiger partial charge in [0.15, 0.2) is 0 Å². The van der Waals surface area contributed by atoms with Crippen LogP contribution in [0.1, 0.15) is 47.6 Å². The first-order valence-electron chi connectivity index (χ1n) is 6.02. The minimum Gasteiger partial charge on any atom is -0.507 e. The highest BCUT2D eigenvalue weighted by atomic mass is 79.9. The third-order valence-corrected chi connectivity index (χ3v) is 4.06. The standard InChI is InChI=1S/C13H16BrNO3/c14-8-5-9(11(15)7-3-1-2-4-7)12(16)10(6-8)13(17)18/h5-7,11,16H,1-4,15H2,(H,17,18)/t11-/m0/s1. The van der Waals surface area contributed by atoms with Crippen molar-refractivity contribution in [2.45, 2.75) is 31.7 Å². The molecule has 5 heteroatoms. The summed E-state index contributed by atoms with van der Waals surface area (Å²) >= 11 is 3.26. The van der Waals surface area contributed by atoms with Crippen molar-refractivity contribution in [3.05, 3.63) is 27.7 Å². The highest BCUT2D eigenvalue weighted by Crippen LogP contribution is 2.39. The van der Waals surface area contributed by atoms with E-state index in [1.54, 1.807) is 6.07 Å². The predicted molar refractivity (Wildman–Crippen MR) is 71.7 cm³/mol. The van der Waals surface area contributed by atoms with E-state index in [0.717, 1.165) is 25.7 Å². The van der Waals surface area contributed by atoms with E-state index in [9.17, 15) is 9.90 Å². The number of benzene rings is 1. The second-order valence-electron chi connectivity index (χ2n) is 4.77. The third-order valence-electron chi connectivity index (χ3n) is 3.60. The Labute approximate surface area is 114 Å². The van der Waals surface area contributed by atoms with Crippen LogP contribution in [0.2, 0.25) is 0 Å². The zero-order chi connectivity index (χ0) is 13.3. The van der Waals surface area contributed by atoms with Gasteiger partial charge in [-0.1, -0.05) is 28.8 Å². The molecule has 1 atom stereocenters. The van der Waals surface area contributed by atoms with Gasteiger partial charge < -0.3 is 15.9 Å². The molecule has 1 aliphatic rings. The predicted octanol–water partition coefficient (Wildman–Crippen LogP) is 3.04. The summed E-state index contributed by atoms with van der Waals surface area (Å²) in [5.41, 5.74) is 6.58. The van der Waals surface area contributed by atoms with Gasteiger partial charge in [0.05, 0.1) is 0 Å². The molecule has 0 aliphatic heterocycles. The van der Waals surface area contributed by atoms with E-state index in [1.165, 1.54) is 6.07 Å². The van der Waals surface area contributed by atoms with E-state index < -0.39 is 5.97 Å². The van der Waals surface area contributed by atoms with Gasteiger partial charge >= 0.3 is 5.97 Å². The van der Waals surface area contributed by atoms with Gasteiger partial charge in [0, 0.05) is 16.1 Å². The molecular formula is C13H16BrNO3. The summed E-state index contributed by atoms with van der Waals surface area (Å²) in [6.45, 7) is 0. The van der Waals surface area contributed by atoms with Crippen LogP contribution in [0, 0.1) is 5.92 Å². The lowest BCUT2D eigenvalue weighted by Gasteiger charge is -2.21. The van der Waals surface area contributed by atoms with Gasteiger partial charge in [-0.2, -0.15) is 0 Å². The smallest absolute Gasteiger partial charge is 0.339 e. The largest absolute Gasteiger partial charge is 0.507 e. The van der Waals surface area contributed by atoms with E-state index in [1.807, 2.05) is 0 Å². The number of nitrogens with two attached hydrogens (primary N) is 1. The maximum absolute atomic E-state index is 11.0. The molecule has 1 fully saturated rings. The minimum atomic E-state index is -1.14. The molecule has 4 nitrogen and oxygen atoms in total. The van der Waals surface area contributed by atoms with Crippen molar-refractivity contribution < 1.29 is 15.0 Å². The Morgan fingerprint density at radius 2 is 2.00 bits per heavy atom. The van der Waals surface area contributed by atoms with Crippen LogP contribution in [0.4, 0.5) is 0 Å². The molecule has 98 valence electrons. The quantitative estimate of drug-likeness (QED) is 0.801. The van der Waals surface area contributed by atoms with E-state index in [2.05, 4.69) is 15.9 Å². The number of phenols is 1. The Balaban J connectivity index is 2.40. The molecular weight excluding hydrogens is 298 g/mol. The summed E-state index contributed by atoms with van der Waals surface area (Å²) in [5, 5.41) is 19.1. The minimum absolute atomic E-state index is 0.104. The fourth-order valence-electron chi connectivity index (χ4n) is 2.61. The topological polar surface area (TPSA) is 83.6 Å². The Morgan fingerprint density at radius 1 is 1.39 bits per heavy atom. The molecule has 0 radical (unpaired) electrons. The number of halogens is 1. The zero-order valence-electron chi connectivity index (χ0n) is 9.90. The van der Waals surface area contributed by atoms with Gasteiger partial charge in [0.2, 0.25) is 0 Å². The average Bonchev–Trinajstić information content (AvgIpc) is 2.84. The molecule has 4 N–H and O–H groups in total. The van der Waals surface area contributed by atoms with Gasteiger partial charge in [0.1, 0.15) is 11.3 Å². The number of carboxylic acids is 1. The summed E-state index contributed by atoms with van der Waals surface area (Å²) in [6, 6.07) is 2.80. The Bertz CT molecular complexity index is 470. The van der Waals surface area contributed by atoms with Crippen molar-refractivity contribution in [3.8, 4) is 5.75 Å². The highest BCUT2D eigenvalue weighted by molar-refractivity contribution is 9.10. The lowest BCUT2D eigenvalue weighted by Crippen LogP contribution is -2.20. The van der Waals surface area contributed by atoms with Gasteiger partial charge in [-0.05, 0) is 30.9 Å². The van der Waals surface area contributed by atoms with Crippen molar-refractivity contribution in [2.75, 3.05) is 0 Å². The van der Waals surface area contributed by atoms with Crippen LogP contribution in [-0.2, 0) is 0 Å². The number of carbonyl (C=O) groups is 1. The molecule has 0 heterocycles. The zero-order valence-corrected chi connectivity index (χ0v) is 11.5. The molecule has 1 aromatic rings. The number of aromatic carboxylic acids is 1. The Kier molecular flexibility index (Phi) is 3.92. The summed E-state index contributed by atoms with van der Waals surface area (Å²) in [4.78, 5) is 11.0. The van der Waals surface area contributed by atoms with Gasteiger partial charge in [0.25, 0.3) is 0 Å². The van der Waals surface area contributed by atoms with E-state index in [0.29, 0.717) is 16.0 Å². The first-order chi connectivity index (χ1) is 8.50. The van der Waals surface area contributed by atoms with Crippen LogP contribution in [0.15, 0.2) is 16.6 Å². The van der Waals surface area contributed by atoms with Crippen LogP contribution in [0.25, 0.3) is 0 Å². The van der Waals surface area contributed by atoms with Crippen LogP contribution in [0.3, 0.4) is 0 Å². The molecule has 0 spiro atoms. The molecule has 0 amide bonds. The van der Waals surface area contributed by atoms with Crippen molar-refractivity contribution in [1.82, 2.24) is 0 Å². The fourth-order valence-corrected chi connectivity index (χ4v) is 3.08. The maximum atomic E-state index is 11.0. The number of hydrogen-bond donors (Lipinski definition) is 3. The van der Waals surface area contributed by atoms with Crippen LogP contribution in [-0.4, -0.2) is 16.2 Å². The first-order valence-corrected chi connectivity index (χ1v) is 6.81. The van der Waals surface area contributed by atoms with E-state index in [4.69, 9.17) is 10.8 Å². The van der Waals surface area contributed by atoms with Crippen LogP contribution >= 0.6 is 15.9 Å². The van der Waals surface area contributed by atoms with Crippen molar-refractivity contribution in [2.24, 2.45) is 11.7 Å². The van der Waals surface area contributed by atoms with Crippen LogP contribution < -0.4 is 5.73 Å². The fraction of sp³-hybridized carbons (Fsp3) is 0.462. The lowest BCUT2D eigenvalue weighted by molar-refractivity contribution is 0.0693. The normalized spacial score (nSPS) is 17.9. The number of hydrogen-bond acceptors (Lipinski definition) is 3. The molecule has 1 saturated carbocycles. The van der Waals surface area contributed by atoms with Gasteiger partial charge in [-0.25, -0.2) is 4.79 Å². The molecule has 0 bridgehead atoms. The SMILES string of the molecule is N[C@H](c1cc(Br)cc(C(=O)O)c1O)C1CCCC1. The summed E-state index contributed by atoms with van der Waals surface area (Å²) < 4.78 is 0.626. The van der Waals surface area contributed by atoms with E-state index >= 15 is 0 Å². The highest BCUT2D eigenvalue weighted by Gasteiger charge is 2.27. The monoisotopic (exact) mass is 313 g/mol. The maximum Gasteiger partial charge on any atom is 0.339 e. The second-order valence-corrected chi connectivity index (χ2v) is 5.68. The summed E-state index contributed by atoms with van der Waals surface area (Å²) in [6.07, 6.45) is 4.38. The van der Waals surface area contributed by atoms with Crippen molar-refractivity contribution in [3.63, 3.8) is 0 Å². The first kappa shape index (κ1) is 13.4. The molecule has 1 aromatic carbocycles. The summed E-state index contributed by atoms with van der Waals surface area (Å²) in [7, 11) is 0.